The molecule has 8 heteroatoms. The molecule has 0 aliphatic heterocycles. The lowest BCUT2D eigenvalue weighted by Gasteiger charge is -2.23. The molecule has 0 aliphatic carbocycles. The summed E-state index contributed by atoms with van der Waals surface area (Å²) < 4.78 is 10.4. The molecule has 0 fully saturated rings. The van der Waals surface area contributed by atoms with Crippen LogP contribution in [0.2, 0.25) is 0 Å². The van der Waals surface area contributed by atoms with Crippen molar-refractivity contribution in [1.82, 2.24) is 0 Å². The zero-order chi connectivity index (χ0) is 22.3. The molecule has 8 nitrogen and oxygen atoms in total. The van der Waals surface area contributed by atoms with E-state index in [9.17, 15) is 19.7 Å². The van der Waals surface area contributed by atoms with Crippen LogP contribution in [0.15, 0.2) is 48.5 Å². The number of ether oxygens (including phenoxy) is 2. The molecule has 3 atom stereocenters. The van der Waals surface area contributed by atoms with E-state index in [4.69, 9.17) is 9.47 Å². The Morgan fingerprint density at radius 3 is 2.37 bits per heavy atom. The number of nitrogens with zero attached hydrogens (tertiary/aromatic N) is 1. The molecule has 1 amide bonds. The molecule has 0 radical (unpaired) electrons. The lowest BCUT2D eigenvalue weighted by molar-refractivity contribution is -0.384. The first-order chi connectivity index (χ1) is 14.3. The lowest BCUT2D eigenvalue weighted by atomic mass is 9.85. The molecule has 2 rings (SSSR count). The summed E-state index contributed by atoms with van der Waals surface area (Å²) >= 11 is 0. The van der Waals surface area contributed by atoms with E-state index in [0.29, 0.717) is 5.75 Å². The molecule has 30 heavy (non-hydrogen) atoms. The van der Waals surface area contributed by atoms with Crippen LogP contribution in [0.25, 0.3) is 0 Å². The zero-order valence-electron chi connectivity index (χ0n) is 17.5. The third-order valence-electron chi connectivity index (χ3n) is 4.95. The van der Waals surface area contributed by atoms with Gasteiger partial charge >= 0.3 is 5.97 Å². The predicted octanol–water partition coefficient (Wildman–Crippen LogP) is 4.30. The molecule has 0 bridgehead atoms. The topological polar surface area (TPSA) is 108 Å². The minimum atomic E-state index is -1.13. The van der Waals surface area contributed by atoms with E-state index >= 15 is 0 Å². The van der Waals surface area contributed by atoms with E-state index in [1.54, 1.807) is 0 Å². The number of benzene rings is 2. The largest absolute Gasteiger partial charge is 0.496 e. The maximum absolute atomic E-state index is 12.8. The summed E-state index contributed by atoms with van der Waals surface area (Å²) in [6.07, 6.45) is -0.373. The highest BCUT2D eigenvalue weighted by Gasteiger charge is 2.30. The highest BCUT2D eigenvalue weighted by atomic mass is 16.6. The first kappa shape index (κ1) is 22.9. The maximum Gasteiger partial charge on any atom is 0.314 e. The Morgan fingerprint density at radius 2 is 1.80 bits per heavy atom. The number of hydrogen-bond acceptors (Lipinski definition) is 6. The van der Waals surface area contributed by atoms with Crippen molar-refractivity contribution in [1.29, 1.82) is 0 Å². The molecule has 0 unspecified atom stereocenters. The molecule has 2 aromatic carbocycles. The number of rotatable bonds is 9. The van der Waals surface area contributed by atoms with Crippen LogP contribution in [-0.2, 0) is 14.3 Å². The van der Waals surface area contributed by atoms with Gasteiger partial charge in [0.2, 0.25) is 0 Å². The van der Waals surface area contributed by atoms with E-state index in [-0.39, 0.29) is 17.3 Å². The van der Waals surface area contributed by atoms with Gasteiger partial charge in [-0.25, -0.2) is 0 Å². The molecule has 0 saturated heterocycles. The van der Waals surface area contributed by atoms with Crippen molar-refractivity contribution in [2.24, 2.45) is 5.92 Å². The fourth-order valence-electron chi connectivity index (χ4n) is 3.02. The molecule has 0 aromatic heterocycles. The highest BCUT2D eigenvalue weighted by Crippen LogP contribution is 2.30. The van der Waals surface area contributed by atoms with Gasteiger partial charge < -0.3 is 14.8 Å². The molecule has 1 N–H and O–H groups in total. The number of methoxy groups -OCH3 is 1. The van der Waals surface area contributed by atoms with Crippen molar-refractivity contribution in [3.8, 4) is 5.75 Å². The third-order valence-corrected chi connectivity index (χ3v) is 4.95. The average molecular weight is 414 g/mol. The second kappa shape index (κ2) is 10.4. The van der Waals surface area contributed by atoms with E-state index in [1.807, 2.05) is 44.2 Å². The fraction of sp³-hybridized carbons (Fsp3) is 0.364. The predicted molar refractivity (Wildman–Crippen MR) is 112 cm³/mol. The Hall–Kier alpha value is -3.42. The lowest BCUT2D eigenvalue weighted by Crippen LogP contribution is -2.33. The number of amides is 1. The fourth-order valence-corrected chi connectivity index (χ4v) is 3.02. The Morgan fingerprint density at radius 1 is 1.13 bits per heavy atom. The first-order valence-electron chi connectivity index (χ1n) is 9.67. The van der Waals surface area contributed by atoms with Crippen molar-refractivity contribution in [2.75, 3.05) is 12.4 Å². The van der Waals surface area contributed by atoms with Crippen molar-refractivity contribution in [3.63, 3.8) is 0 Å². The van der Waals surface area contributed by atoms with Gasteiger partial charge in [0, 0.05) is 0 Å². The van der Waals surface area contributed by atoms with Crippen LogP contribution in [0.4, 0.5) is 11.4 Å². The zero-order valence-corrected chi connectivity index (χ0v) is 17.5. The molecule has 0 spiro atoms. The number of nitro groups is 1. The number of anilines is 1. The molecule has 0 heterocycles. The van der Waals surface area contributed by atoms with Gasteiger partial charge in [0.15, 0.2) is 6.10 Å². The monoisotopic (exact) mass is 414 g/mol. The smallest absolute Gasteiger partial charge is 0.314 e. The third kappa shape index (κ3) is 5.56. The van der Waals surface area contributed by atoms with Crippen LogP contribution in [-0.4, -0.2) is 30.0 Å². The van der Waals surface area contributed by atoms with Crippen molar-refractivity contribution in [2.45, 2.75) is 39.2 Å². The quantitative estimate of drug-likeness (QED) is 0.372. The van der Waals surface area contributed by atoms with E-state index in [2.05, 4.69) is 5.32 Å². The molecular weight excluding hydrogens is 388 g/mol. The summed E-state index contributed by atoms with van der Waals surface area (Å²) in [5.74, 6) is -1.38. The summed E-state index contributed by atoms with van der Waals surface area (Å²) in [6.45, 7) is 5.36. The summed E-state index contributed by atoms with van der Waals surface area (Å²) in [5, 5.41) is 13.7. The summed E-state index contributed by atoms with van der Waals surface area (Å²) in [4.78, 5) is 36.0. The Kier molecular flexibility index (Phi) is 7.91. The average Bonchev–Trinajstić information content (AvgIpc) is 2.74. The van der Waals surface area contributed by atoms with E-state index in [1.165, 1.54) is 32.2 Å². The SMILES string of the molecule is CC[C@H](C)[C@H](C(=O)O[C@@H](C)C(=O)Nc1ccc(OC)cc1[N+](=O)[O-])c1ccccc1. The van der Waals surface area contributed by atoms with Crippen LogP contribution in [0.1, 0.15) is 38.7 Å². The van der Waals surface area contributed by atoms with Crippen molar-refractivity contribution in [3.05, 3.63) is 64.2 Å². The maximum atomic E-state index is 12.8. The Balaban J connectivity index is 2.14. The van der Waals surface area contributed by atoms with Crippen LogP contribution in [0.3, 0.4) is 0 Å². The second-order valence-electron chi connectivity index (χ2n) is 6.98. The Bertz CT molecular complexity index is 900. The number of nitrogens with one attached hydrogen (secondary N) is 1. The normalized spacial score (nSPS) is 13.6. The highest BCUT2D eigenvalue weighted by molar-refractivity contribution is 5.97. The number of carbonyl (C=O) groups is 2. The van der Waals surface area contributed by atoms with Crippen LogP contribution in [0.5, 0.6) is 5.75 Å². The summed E-state index contributed by atoms with van der Waals surface area (Å²) in [6, 6.07) is 13.3. The summed E-state index contributed by atoms with van der Waals surface area (Å²) in [5.41, 5.74) is 0.494. The minimum Gasteiger partial charge on any atom is -0.496 e. The summed E-state index contributed by atoms with van der Waals surface area (Å²) in [7, 11) is 1.39. The van der Waals surface area contributed by atoms with E-state index < -0.39 is 28.8 Å². The molecular formula is C22H26N2O6. The van der Waals surface area contributed by atoms with Gasteiger partial charge in [0.25, 0.3) is 11.6 Å². The van der Waals surface area contributed by atoms with Gasteiger partial charge in [-0.1, -0.05) is 50.6 Å². The molecule has 2 aromatic rings. The van der Waals surface area contributed by atoms with Gasteiger partial charge in [-0.3, -0.25) is 19.7 Å². The van der Waals surface area contributed by atoms with Gasteiger partial charge in [-0.05, 0) is 30.5 Å². The molecule has 0 aliphatic rings. The number of hydrogen-bond donors (Lipinski definition) is 1. The second-order valence-corrected chi connectivity index (χ2v) is 6.98. The number of esters is 1. The standard InChI is InChI=1S/C22H26N2O6/c1-5-14(2)20(16-9-7-6-8-10-16)22(26)30-15(3)21(25)23-18-12-11-17(29-4)13-19(18)24(27)28/h6-15,20H,5H2,1-4H3,(H,23,25)/t14-,15-,20-/m0/s1. The molecule has 160 valence electrons. The number of nitro benzene ring substituents is 1. The van der Waals surface area contributed by atoms with Crippen LogP contribution < -0.4 is 10.1 Å². The Labute approximate surface area is 175 Å². The van der Waals surface area contributed by atoms with Gasteiger partial charge in [0.1, 0.15) is 11.4 Å². The van der Waals surface area contributed by atoms with Crippen molar-refractivity contribution >= 4 is 23.3 Å². The van der Waals surface area contributed by atoms with E-state index in [0.717, 1.165) is 12.0 Å². The minimum absolute atomic E-state index is 0.00441. The van der Waals surface area contributed by atoms with Gasteiger partial charge in [-0.2, -0.15) is 0 Å². The number of carbonyl (C=O) groups excluding carboxylic acids is 2. The van der Waals surface area contributed by atoms with Crippen LogP contribution >= 0.6 is 0 Å². The first-order valence-corrected chi connectivity index (χ1v) is 9.67. The van der Waals surface area contributed by atoms with Gasteiger partial charge in [-0.15, -0.1) is 0 Å². The van der Waals surface area contributed by atoms with Crippen molar-refractivity contribution < 1.29 is 24.0 Å². The van der Waals surface area contributed by atoms with Gasteiger partial charge in [0.05, 0.1) is 24.0 Å². The van der Waals surface area contributed by atoms with Crippen LogP contribution in [0, 0.1) is 16.0 Å². The molecule has 0 saturated carbocycles.